The van der Waals surface area contributed by atoms with E-state index in [0.717, 1.165) is 11.0 Å². The zero-order chi connectivity index (χ0) is 15.5. The highest BCUT2D eigenvalue weighted by atomic mass is 32.2. The third-order valence-corrected chi connectivity index (χ3v) is 6.73. The second-order valence-corrected chi connectivity index (χ2v) is 7.67. The van der Waals surface area contributed by atoms with Crippen LogP contribution in [0.3, 0.4) is 0 Å². The van der Waals surface area contributed by atoms with E-state index in [1.165, 1.54) is 22.8 Å². The molecule has 0 radical (unpaired) electrons. The first-order valence-corrected chi connectivity index (χ1v) is 8.98. The predicted molar refractivity (Wildman–Crippen MR) is 88.8 cm³/mol. The summed E-state index contributed by atoms with van der Waals surface area (Å²) in [5, 5.41) is 1.81. The van der Waals surface area contributed by atoms with Crippen molar-refractivity contribution < 1.29 is 13.2 Å². The van der Waals surface area contributed by atoms with Gasteiger partial charge in [-0.25, -0.2) is 8.42 Å². The van der Waals surface area contributed by atoms with Crippen molar-refractivity contribution in [1.29, 1.82) is 0 Å². The van der Waals surface area contributed by atoms with Gasteiger partial charge in [-0.3, -0.25) is 0 Å². The molecular weight excluding hydrogens is 305 g/mol. The summed E-state index contributed by atoms with van der Waals surface area (Å²) in [7, 11) is -0.194. The maximum Gasteiger partial charge on any atom is 0.256 e. The van der Waals surface area contributed by atoms with Crippen molar-refractivity contribution in [2.24, 2.45) is 0 Å². The van der Waals surface area contributed by atoms with Crippen LogP contribution in [0.4, 0.5) is 0 Å². The largest absolute Gasteiger partial charge is 0.495 e. The van der Waals surface area contributed by atoms with Crippen LogP contribution in [0.15, 0.2) is 39.9 Å². The molecule has 2 rings (SSSR count). The lowest BCUT2D eigenvalue weighted by Crippen LogP contribution is -2.30. The van der Waals surface area contributed by atoms with E-state index >= 15 is 0 Å². The van der Waals surface area contributed by atoms with Crippen molar-refractivity contribution in [3.63, 3.8) is 0 Å². The average molecular weight is 323 g/mol. The van der Waals surface area contributed by atoms with Gasteiger partial charge in [-0.1, -0.05) is 37.3 Å². The molecular formula is C14H18BNO3S2. The normalized spacial score (nSPS) is 11.8. The third kappa shape index (κ3) is 3.31. The number of sulfonamides is 1. The van der Waals surface area contributed by atoms with E-state index in [9.17, 15) is 8.42 Å². The summed E-state index contributed by atoms with van der Waals surface area (Å²) in [4.78, 5) is 0. The molecule has 0 bridgehead atoms. The van der Waals surface area contributed by atoms with E-state index in [1.807, 2.05) is 50.5 Å². The Balaban J connectivity index is 2.36. The summed E-state index contributed by atoms with van der Waals surface area (Å²) >= 11 is 1.21. The Kier molecular flexibility index (Phi) is 5.08. The third-order valence-electron chi connectivity index (χ3n) is 3.22. The van der Waals surface area contributed by atoms with Gasteiger partial charge >= 0.3 is 0 Å². The molecule has 1 aromatic carbocycles. The zero-order valence-electron chi connectivity index (χ0n) is 12.4. The highest BCUT2D eigenvalue weighted by Crippen LogP contribution is 2.30. The van der Waals surface area contributed by atoms with Gasteiger partial charge in [-0.2, -0.15) is 4.31 Å². The molecule has 0 saturated carbocycles. The molecule has 0 unspecified atom stereocenters. The van der Waals surface area contributed by atoms with Gasteiger partial charge in [0.25, 0.3) is 10.0 Å². The fraction of sp³-hybridized carbons (Fsp3) is 0.286. The summed E-state index contributed by atoms with van der Waals surface area (Å²) in [5.41, 5.74) is 1.81. The van der Waals surface area contributed by atoms with E-state index in [0.29, 0.717) is 18.8 Å². The SMILES string of the molecule is Bc1csc(S(=O)(=O)N(CC)Cc2ccccc2)c1OC. The van der Waals surface area contributed by atoms with E-state index in [-0.39, 0.29) is 4.21 Å². The van der Waals surface area contributed by atoms with Gasteiger partial charge in [-0.15, -0.1) is 11.3 Å². The van der Waals surface area contributed by atoms with Crippen LogP contribution in [0, 0.1) is 0 Å². The second kappa shape index (κ2) is 6.64. The van der Waals surface area contributed by atoms with Crippen LogP contribution in [0.2, 0.25) is 0 Å². The summed E-state index contributed by atoms with van der Waals surface area (Å²) in [6.45, 7) is 2.62. The number of hydrogen-bond donors (Lipinski definition) is 0. The minimum absolute atomic E-state index is 0.278. The Hall–Kier alpha value is -1.31. The van der Waals surface area contributed by atoms with Crippen LogP contribution in [0.1, 0.15) is 12.5 Å². The molecule has 0 amide bonds. The molecule has 2 aromatic rings. The van der Waals surface area contributed by atoms with Crippen LogP contribution in [0.5, 0.6) is 5.75 Å². The standard InChI is InChI=1S/C14H18BNO3S2/c1-3-16(9-11-7-5-4-6-8-11)21(17,18)14-13(19-2)12(15)10-20-14/h4-8,10H,3,9,15H2,1-2H3. The molecule has 0 aliphatic rings. The highest BCUT2D eigenvalue weighted by Gasteiger charge is 2.29. The highest BCUT2D eigenvalue weighted by molar-refractivity contribution is 7.91. The molecule has 112 valence electrons. The smallest absolute Gasteiger partial charge is 0.256 e. The lowest BCUT2D eigenvalue weighted by Gasteiger charge is -2.20. The van der Waals surface area contributed by atoms with Crippen molar-refractivity contribution >= 4 is 34.7 Å². The minimum atomic E-state index is -3.54. The van der Waals surface area contributed by atoms with Gasteiger partial charge in [-0.05, 0) is 16.4 Å². The monoisotopic (exact) mass is 323 g/mol. The number of rotatable bonds is 6. The number of hydrogen-bond acceptors (Lipinski definition) is 4. The number of ether oxygens (including phenoxy) is 1. The number of nitrogens with zero attached hydrogens (tertiary/aromatic N) is 1. The summed E-state index contributed by atoms with van der Waals surface area (Å²) in [5.74, 6) is 0.450. The van der Waals surface area contributed by atoms with Gasteiger partial charge in [0.15, 0.2) is 4.21 Å². The van der Waals surface area contributed by atoms with Gasteiger partial charge in [0, 0.05) is 13.1 Å². The van der Waals surface area contributed by atoms with Gasteiger partial charge < -0.3 is 4.74 Å². The molecule has 7 heteroatoms. The number of benzene rings is 1. The molecule has 0 fully saturated rings. The fourth-order valence-electron chi connectivity index (χ4n) is 2.10. The van der Waals surface area contributed by atoms with Crippen LogP contribution in [0.25, 0.3) is 0 Å². The first kappa shape index (κ1) is 16.1. The predicted octanol–water partition coefficient (Wildman–Crippen LogP) is 1.23. The molecule has 1 aromatic heterocycles. The molecule has 21 heavy (non-hydrogen) atoms. The van der Waals surface area contributed by atoms with E-state index in [1.54, 1.807) is 0 Å². The van der Waals surface area contributed by atoms with Crippen molar-refractivity contribution in [2.75, 3.05) is 13.7 Å². The first-order valence-electron chi connectivity index (χ1n) is 6.66. The molecule has 4 nitrogen and oxygen atoms in total. The molecule has 0 aliphatic heterocycles. The summed E-state index contributed by atoms with van der Waals surface area (Å²) in [6, 6.07) is 9.58. The first-order chi connectivity index (χ1) is 10.0. The fourth-order valence-corrected chi connectivity index (χ4v) is 5.16. The van der Waals surface area contributed by atoms with Gasteiger partial charge in [0.05, 0.1) is 7.11 Å². The van der Waals surface area contributed by atoms with Crippen molar-refractivity contribution in [2.45, 2.75) is 17.7 Å². The van der Waals surface area contributed by atoms with Crippen LogP contribution >= 0.6 is 11.3 Å². The molecule has 0 spiro atoms. The van der Waals surface area contributed by atoms with Gasteiger partial charge in [0.2, 0.25) is 0 Å². The molecule has 0 aliphatic carbocycles. The summed E-state index contributed by atoms with van der Waals surface area (Å²) in [6.07, 6.45) is 0. The minimum Gasteiger partial charge on any atom is -0.495 e. The number of thiophene rings is 1. The Morgan fingerprint density at radius 3 is 2.52 bits per heavy atom. The molecule has 0 atom stereocenters. The molecule has 0 saturated heterocycles. The quantitative estimate of drug-likeness (QED) is 0.751. The van der Waals surface area contributed by atoms with Crippen molar-refractivity contribution in [3.8, 4) is 5.75 Å². The van der Waals surface area contributed by atoms with Crippen molar-refractivity contribution in [1.82, 2.24) is 4.31 Å². The zero-order valence-corrected chi connectivity index (χ0v) is 14.0. The molecule has 0 N–H and O–H groups in total. The maximum absolute atomic E-state index is 12.8. The van der Waals surface area contributed by atoms with Crippen molar-refractivity contribution in [3.05, 3.63) is 41.3 Å². The second-order valence-electron chi connectivity index (χ2n) is 4.66. The Morgan fingerprint density at radius 2 is 1.95 bits per heavy atom. The van der Waals surface area contributed by atoms with Crippen LogP contribution in [-0.2, 0) is 16.6 Å². The van der Waals surface area contributed by atoms with Crippen LogP contribution in [-0.4, -0.2) is 34.2 Å². The lowest BCUT2D eigenvalue weighted by molar-refractivity contribution is 0.398. The Bertz CT molecular complexity index is 698. The number of methoxy groups -OCH3 is 1. The molecule has 1 heterocycles. The average Bonchev–Trinajstić information content (AvgIpc) is 2.87. The van der Waals surface area contributed by atoms with E-state index < -0.39 is 10.0 Å². The Labute approximate surface area is 130 Å². The lowest BCUT2D eigenvalue weighted by atomic mass is 10.0. The Morgan fingerprint density at radius 1 is 1.29 bits per heavy atom. The van der Waals surface area contributed by atoms with E-state index in [4.69, 9.17) is 4.74 Å². The topological polar surface area (TPSA) is 46.6 Å². The van der Waals surface area contributed by atoms with Gasteiger partial charge in [0.1, 0.15) is 13.6 Å². The maximum atomic E-state index is 12.8. The van der Waals surface area contributed by atoms with E-state index in [2.05, 4.69) is 0 Å². The van der Waals surface area contributed by atoms with Crippen LogP contribution < -0.4 is 10.2 Å². The summed E-state index contributed by atoms with van der Waals surface area (Å²) < 4.78 is 32.6.